The van der Waals surface area contributed by atoms with Crippen LogP contribution in [0.4, 0.5) is 11.4 Å². The average molecular weight is 266 g/mol. The van der Waals surface area contributed by atoms with Gasteiger partial charge in [0.1, 0.15) is 12.0 Å². The van der Waals surface area contributed by atoms with Gasteiger partial charge in [0.15, 0.2) is 0 Å². The summed E-state index contributed by atoms with van der Waals surface area (Å²) >= 11 is 0. The van der Waals surface area contributed by atoms with Crippen molar-refractivity contribution < 1.29 is 14.5 Å². The molecule has 0 heterocycles. The zero-order chi connectivity index (χ0) is 14.4. The van der Waals surface area contributed by atoms with E-state index in [9.17, 15) is 14.9 Å². The number of hydrogen-bond acceptors (Lipinski definition) is 5. The summed E-state index contributed by atoms with van der Waals surface area (Å²) in [5.41, 5.74) is 0.696. The molecule has 0 unspecified atom stereocenters. The second-order valence-electron chi connectivity index (χ2n) is 4.46. The monoisotopic (exact) mass is 266 g/mol. The van der Waals surface area contributed by atoms with Crippen LogP contribution in [0.3, 0.4) is 0 Å². The first kappa shape index (κ1) is 15.1. The summed E-state index contributed by atoms with van der Waals surface area (Å²) in [4.78, 5) is 22.9. The van der Waals surface area contributed by atoms with Crippen molar-refractivity contribution >= 4 is 17.7 Å². The molecular weight excluding hydrogens is 248 g/mol. The lowest BCUT2D eigenvalue weighted by molar-refractivity contribution is -0.384. The molecule has 0 aliphatic rings. The van der Waals surface area contributed by atoms with Crippen molar-refractivity contribution in [3.05, 3.63) is 33.9 Å². The largest absolute Gasteiger partial charge is 0.377 e. The number of rotatable bonds is 7. The summed E-state index contributed by atoms with van der Waals surface area (Å²) in [6, 6.07) is 4.43. The molecule has 0 spiro atoms. The predicted molar refractivity (Wildman–Crippen MR) is 72.8 cm³/mol. The van der Waals surface area contributed by atoms with Gasteiger partial charge in [-0.15, -0.1) is 0 Å². The summed E-state index contributed by atoms with van der Waals surface area (Å²) in [6.07, 6.45) is 0.722. The molecule has 104 valence electrons. The van der Waals surface area contributed by atoms with Gasteiger partial charge >= 0.3 is 0 Å². The fourth-order valence-electron chi connectivity index (χ4n) is 1.63. The van der Waals surface area contributed by atoms with Gasteiger partial charge in [-0.2, -0.15) is 0 Å². The predicted octanol–water partition coefficient (Wildman–Crippen LogP) is 2.27. The highest BCUT2D eigenvalue weighted by Gasteiger charge is 2.17. The number of ether oxygens (including phenoxy) is 1. The minimum Gasteiger partial charge on any atom is -0.377 e. The van der Waals surface area contributed by atoms with E-state index in [1.165, 1.54) is 6.07 Å². The molecule has 0 amide bonds. The van der Waals surface area contributed by atoms with Crippen LogP contribution < -0.4 is 4.90 Å². The molecule has 0 saturated heterocycles. The van der Waals surface area contributed by atoms with Crippen LogP contribution >= 0.6 is 0 Å². The lowest BCUT2D eigenvalue weighted by Crippen LogP contribution is -2.24. The molecule has 0 N–H and O–H groups in total. The average Bonchev–Trinajstić information content (AvgIpc) is 2.37. The molecule has 0 fully saturated rings. The Labute approximate surface area is 112 Å². The fraction of sp³-hybridized carbons (Fsp3) is 0.462. The topological polar surface area (TPSA) is 72.7 Å². The molecular formula is C13H18N2O4. The fourth-order valence-corrected chi connectivity index (χ4v) is 1.63. The van der Waals surface area contributed by atoms with E-state index < -0.39 is 4.92 Å². The first-order chi connectivity index (χ1) is 8.95. The maximum atomic E-state index is 11.0. The SMILES string of the molecule is CC(C)OCCN(C)c1ccc(C=O)cc1[N+](=O)[O-]. The van der Waals surface area contributed by atoms with Crippen LogP contribution in [0.5, 0.6) is 0 Å². The van der Waals surface area contributed by atoms with Gasteiger partial charge in [0.2, 0.25) is 0 Å². The molecule has 0 atom stereocenters. The molecule has 1 aromatic carbocycles. The Balaban J connectivity index is 2.86. The van der Waals surface area contributed by atoms with Crippen molar-refractivity contribution in [3.8, 4) is 0 Å². The Morgan fingerprint density at radius 3 is 2.68 bits per heavy atom. The third kappa shape index (κ3) is 4.33. The van der Waals surface area contributed by atoms with Gasteiger partial charge in [0, 0.05) is 25.2 Å². The summed E-state index contributed by atoms with van der Waals surface area (Å²) in [5, 5.41) is 11.0. The van der Waals surface area contributed by atoms with Crippen molar-refractivity contribution in [3.63, 3.8) is 0 Å². The van der Waals surface area contributed by atoms with Crippen LogP contribution in [0.2, 0.25) is 0 Å². The van der Waals surface area contributed by atoms with E-state index in [1.54, 1.807) is 24.1 Å². The Hall–Kier alpha value is -1.95. The third-order valence-corrected chi connectivity index (χ3v) is 2.62. The zero-order valence-electron chi connectivity index (χ0n) is 11.3. The van der Waals surface area contributed by atoms with E-state index in [0.29, 0.717) is 30.7 Å². The van der Waals surface area contributed by atoms with Crippen LogP contribution in [0.25, 0.3) is 0 Å². The Kier molecular flexibility index (Phi) is 5.44. The Morgan fingerprint density at radius 1 is 1.47 bits per heavy atom. The molecule has 0 radical (unpaired) electrons. The highest BCUT2D eigenvalue weighted by Crippen LogP contribution is 2.27. The number of carbonyl (C=O) groups excluding carboxylic acids is 1. The highest BCUT2D eigenvalue weighted by atomic mass is 16.6. The quantitative estimate of drug-likeness (QED) is 0.430. The van der Waals surface area contributed by atoms with Crippen molar-refractivity contribution in [1.82, 2.24) is 0 Å². The van der Waals surface area contributed by atoms with Gasteiger partial charge in [0.25, 0.3) is 5.69 Å². The normalized spacial score (nSPS) is 10.5. The standard InChI is InChI=1S/C13H18N2O4/c1-10(2)19-7-6-14(3)12-5-4-11(9-16)8-13(12)15(17)18/h4-5,8-10H,6-7H2,1-3H3. The van der Waals surface area contributed by atoms with Crippen LogP contribution in [-0.2, 0) is 4.74 Å². The second kappa shape index (κ2) is 6.84. The van der Waals surface area contributed by atoms with Gasteiger partial charge in [-0.05, 0) is 26.0 Å². The van der Waals surface area contributed by atoms with E-state index in [2.05, 4.69) is 0 Å². The number of nitrogens with zero attached hydrogens (tertiary/aromatic N) is 2. The molecule has 0 aliphatic heterocycles. The third-order valence-electron chi connectivity index (χ3n) is 2.62. The van der Waals surface area contributed by atoms with Crippen LogP contribution in [0, 0.1) is 10.1 Å². The first-order valence-electron chi connectivity index (χ1n) is 6.02. The van der Waals surface area contributed by atoms with Crippen molar-refractivity contribution in [2.45, 2.75) is 20.0 Å². The van der Waals surface area contributed by atoms with E-state index in [0.717, 1.165) is 0 Å². The number of anilines is 1. The Bertz CT molecular complexity index is 460. The lowest BCUT2D eigenvalue weighted by atomic mass is 10.2. The minimum atomic E-state index is -0.484. The number of likely N-dealkylation sites (N-methyl/N-ethyl adjacent to an activating group) is 1. The number of carbonyl (C=O) groups is 1. The van der Waals surface area contributed by atoms with Gasteiger partial charge in [-0.1, -0.05) is 0 Å². The van der Waals surface area contributed by atoms with Crippen molar-refractivity contribution in [2.24, 2.45) is 0 Å². The van der Waals surface area contributed by atoms with Crippen LogP contribution in [0.15, 0.2) is 18.2 Å². The minimum absolute atomic E-state index is 0.0725. The number of nitro benzene ring substituents is 1. The smallest absolute Gasteiger partial charge is 0.293 e. The van der Waals surface area contributed by atoms with Crippen LogP contribution in [0.1, 0.15) is 24.2 Å². The van der Waals surface area contributed by atoms with Crippen molar-refractivity contribution in [2.75, 3.05) is 25.1 Å². The zero-order valence-corrected chi connectivity index (χ0v) is 11.3. The molecule has 0 aliphatic carbocycles. The van der Waals surface area contributed by atoms with E-state index >= 15 is 0 Å². The second-order valence-corrected chi connectivity index (χ2v) is 4.46. The van der Waals surface area contributed by atoms with E-state index in [4.69, 9.17) is 4.74 Å². The molecule has 19 heavy (non-hydrogen) atoms. The molecule has 6 nitrogen and oxygen atoms in total. The molecule has 1 aromatic rings. The molecule has 6 heteroatoms. The van der Waals surface area contributed by atoms with Crippen LogP contribution in [-0.4, -0.2) is 37.5 Å². The summed E-state index contributed by atoms with van der Waals surface area (Å²) in [6.45, 7) is 4.89. The van der Waals surface area contributed by atoms with E-state index in [1.807, 2.05) is 13.8 Å². The Morgan fingerprint density at radius 2 is 2.16 bits per heavy atom. The first-order valence-corrected chi connectivity index (χ1v) is 6.02. The molecule has 1 rings (SSSR count). The highest BCUT2D eigenvalue weighted by molar-refractivity contribution is 5.79. The maximum Gasteiger partial charge on any atom is 0.293 e. The van der Waals surface area contributed by atoms with Crippen molar-refractivity contribution in [1.29, 1.82) is 0 Å². The molecule has 0 saturated carbocycles. The number of aldehydes is 1. The number of nitro groups is 1. The van der Waals surface area contributed by atoms with Gasteiger partial charge in [0.05, 0.1) is 17.6 Å². The molecule has 0 bridgehead atoms. The summed E-state index contributed by atoms with van der Waals surface area (Å²) in [7, 11) is 1.76. The lowest BCUT2D eigenvalue weighted by Gasteiger charge is -2.20. The summed E-state index contributed by atoms with van der Waals surface area (Å²) < 4.78 is 5.41. The molecule has 0 aromatic heterocycles. The maximum absolute atomic E-state index is 11.0. The number of benzene rings is 1. The van der Waals surface area contributed by atoms with Gasteiger partial charge in [-0.3, -0.25) is 14.9 Å². The van der Waals surface area contributed by atoms with Gasteiger partial charge in [-0.25, -0.2) is 0 Å². The summed E-state index contributed by atoms with van der Waals surface area (Å²) in [5.74, 6) is 0. The number of hydrogen-bond donors (Lipinski definition) is 0. The van der Waals surface area contributed by atoms with E-state index in [-0.39, 0.29) is 11.8 Å². The van der Waals surface area contributed by atoms with Gasteiger partial charge < -0.3 is 9.64 Å².